The topological polar surface area (TPSA) is 71.2 Å². The summed E-state index contributed by atoms with van der Waals surface area (Å²) in [6, 6.07) is 11.5. The lowest BCUT2D eigenvalue weighted by molar-refractivity contribution is -0.148. The smallest absolute Gasteiger partial charge is 0.307 e. The van der Waals surface area contributed by atoms with Gasteiger partial charge in [-0.3, -0.25) is 9.59 Å². The Morgan fingerprint density at radius 2 is 1.93 bits per heavy atom. The highest BCUT2D eigenvalue weighted by atomic mass is 32.2. The molecule has 29 heavy (non-hydrogen) atoms. The van der Waals surface area contributed by atoms with Crippen molar-refractivity contribution in [1.29, 1.82) is 0 Å². The van der Waals surface area contributed by atoms with Crippen molar-refractivity contribution in [2.45, 2.75) is 17.7 Å². The third-order valence-corrected chi connectivity index (χ3v) is 5.22. The third kappa shape index (κ3) is 6.05. The first-order valence-corrected chi connectivity index (χ1v) is 10.1. The van der Waals surface area contributed by atoms with E-state index >= 15 is 0 Å². The van der Waals surface area contributed by atoms with Gasteiger partial charge >= 0.3 is 5.97 Å². The molecule has 1 aromatic heterocycles. The van der Waals surface area contributed by atoms with E-state index in [1.165, 1.54) is 17.8 Å². The van der Waals surface area contributed by atoms with Gasteiger partial charge in [0, 0.05) is 34.3 Å². The van der Waals surface area contributed by atoms with E-state index in [1.807, 2.05) is 30.5 Å². The summed E-state index contributed by atoms with van der Waals surface area (Å²) in [5, 5.41) is 3.84. The number of aromatic amines is 1. The van der Waals surface area contributed by atoms with Crippen LogP contribution in [0.5, 0.6) is 0 Å². The molecule has 152 valence electrons. The minimum Gasteiger partial charge on any atom is -0.456 e. The summed E-state index contributed by atoms with van der Waals surface area (Å²) < 4.78 is 30.9. The highest BCUT2D eigenvalue weighted by molar-refractivity contribution is 7.99. The summed E-state index contributed by atoms with van der Waals surface area (Å²) in [7, 11) is 0. The summed E-state index contributed by atoms with van der Waals surface area (Å²) >= 11 is 1.21. The van der Waals surface area contributed by atoms with Crippen LogP contribution in [0.4, 0.5) is 8.78 Å². The third-order valence-electron chi connectivity index (χ3n) is 4.22. The maximum Gasteiger partial charge on any atom is 0.307 e. The number of carbonyl (C=O) groups excluding carboxylic acids is 2. The zero-order chi connectivity index (χ0) is 20.6. The molecule has 0 bridgehead atoms. The maximum atomic E-state index is 13.1. The molecule has 0 aliphatic heterocycles. The van der Waals surface area contributed by atoms with Gasteiger partial charge in [0.1, 0.15) is 0 Å². The van der Waals surface area contributed by atoms with E-state index in [-0.39, 0.29) is 18.9 Å². The highest BCUT2D eigenvalue weighted by Gasteiger charge is 2.09. The summed E-state index contributed by atoms with van der Waals surface area (Å²) in [5.74, 6) is -2.39. The van der Waals surface area contributed by atoms with E-state index in [4.69, 9.17) is 4.74 Å². The van der Waals surface area contributed by atoms with Gasteiger partial charge in [0.05, 0.1) is 6.42 Å². The fourth-order valence-electron chi connectivity index (χ4n) is 2.76. The Labute approximate surface area is 170 Å². The van der Waals surface area contributed by atoms with Crippen LogP contribution in [0.1, 0.15) is 12.0 Å². The second-order valence-corrected chi connectivity index (χ2v) is 7.46. The van der Waals surface area contributed by atoms with Crippen molar-refractivity contribution in [3.8, 4) is 0 Å². The Morgan fingerprint density at radius 1 is 1.10 bits per heavy atom. The number of rotatable bonds is 9. The van der Waals surface area contributed by atoms with Crippen molar-refractivity contribution >= 4 is 34.5 Å². The van der Waals surface area contributed by atoms with Crippen LogP contribution in [0.25, 0.3) is 10.9 Å². The summed E-state index contributed by atoms with van der Waals surface area (Å²) in [6.45, 7) is 0.0901. The van der Waals surface area contributed by atoms with E-state index in [0.29, 0.717) is 23.6 Å². The molecule has 8 heteroatoms. The summed E-state index contributed by atoms with van der Waals surface area (Å²) in [5.41, 5.74) is 2.15. The molecule has 1 heterocycles. The molecule has 2 aromatic carbocycles. The lowest BCUT2D eigenvalue weighted by atomic mass is 10.1. The minimum absolute atomic E-state index is 0.0618. The van der Waals surface area contributed by atoms with Crippen LogP contribution in [0.3, 0.4) is 0 Å². The molecule has 3 aromatic rings. The minimum atomic E-state index is -0.929. The Bertz CT molecular complexity index is 1010. The van der Waals surface area contributed by atoms with Crippen LogP contribution < -0.4 is 5.32 Å². The molecular formula is C21H20F2N2O3S. The Morgan fingerprint density at radius 3 is 2.76 bits per heavy atom. The number of hydrogen-bond acceptors (Lipinski definition) is 4. The zero-order valence-electron chi connectivity index (χ0n) is 15.5. The fourth-order valence-corrected chi connectivity index (χ4v) is 3.62. The van der Waals surface area contributed by atoms with Gasteiger partial charge in [0.15, 0.2) is 18.2 Å². The quantitative estimate of drug-likeness (QED) is 0.409. The predicted octanol–water partition coefficient (Wildman–Crippen LogP) is 3.83. The lowest BCUT2D eigenvalue weighted by Crippen LogP contribution is -2.30. The number of benzene rings is 2. The first-order valence-electron chi connectivity index (χ1n) is 9.08. The van der Waals surface area contributed by atoms with E-state index in [9.17, 15) is 18.4 Å². The molecule has 0 radical (unpaired) electrons. The van der Waals surface area contributed by atoms with E-state index in [2.05, 4.69) is 10.3 Å². The first kappa shape index (κ1) is 20.9. The number of ether oxygens (including phenoxy) is 1. The SMILES string of the molecule is O=C(COC(=O)CCSc1ccc(F)c(F)c1)NCCc1c[nH]c2ccccc12. The van der Waals surface area contributed by atoms with Crippen LogP contribution >= 0.6 is 11.8 Å². The summed E-state index contributed by atoms with van der Waals surface area (Å²) in [4.78, 5) is 27.2. The van der Waals surface area contributed by atoms with Gasteiger partial charge in [0.2, 0.25) is 0 Å². The molecule has 2 N–H and O–H groups in total. The fraction of sp³-hybridized carbons (Fsp3) is 0.238. The van der Waals surface area contributed by atoms with Gasteiger partial charge in [-0.15, -0.1) is 11.8 Å². The zero-order valence-corrected chi connectivity index (χ0v) is 16.4. The number of nitrogens with one attached hydrogen (secondary N) is 2. The maximum absolute atomic E-state index is 13.1. The van der Waals surface area contributed by atoms with Gasteiger partial charge in [-0.1, -0.05) is 18.2 Å². The molecule has 1 amide bonds. The van der Waals surface area contributed by atoms with Gasteiger partial charge in [-0.05, 0) is 36.2 Å². The molecule has 0 aliphatic rings. The second kappa shape index (κ2) is 10.1. The molecule has 0 fully saturated rings. The average Bonchev–Trinajstić information content (AvgIpc) is 3.12. The van der Waals surface area contributed by atoms with Crippen LogP contribution in [0.15, 0.2) is 53.6 Å². The standard InChI is InChI=1S/C21H20F2N2O3S/c22-17-6-5-15(11-18(17)23)29-10-8-21(27)28-13-20(26)24-9-7-14-12-25-19-4-2-1-3-16(14)19/h1-6,11-12,25H,7-10,13H2,(H,24,26). The molecule has 0 spiro atoms. The van der Waals surface area contributed by atoms with Crippen molar-refractivity contribution in [2.24, 2.45) is 0 Å². The Balaban J connectivity index is 1.31. The number of hydrogen-bond donors (Lipinski definition) is 2. The lowest BCUT2D eigenvalue weighted by Gasteiger charge is -2.07. The number of halogens is 2. The monoisotopic (exact) mass is 418 g/mol. The number of H-pyrrole nitrogens is 1. The molecule has 0 saturated carbocycles. The van der Waals surface area contributed by atoms with Gasteiger partial charge < -0.3 is 15.0 Å². The van der Waals surface area contributed by atoms with Crippen molar-refractivity contribution < 1.29 is 23.1 Å². The Hall–Kier alpha value is -2.87. The predicted molar refractivity (Wildman–Crippen MR) is 108 cm³/mol. The second-order valence-electron chi connectivity index (χ2n) is 6.29. The average molecular weight is 418 g/mol. The number of thioether (sulfide) groups is 1. The van der Waals surface area contributed by atoms with Crippen LogP contribution in [-0.4, -0.2) is 35.8 Å². The van der Waals surface area contributed by atoms with Gasteiger partial charge in [-0.25, -0.2) is 8.78 Å². The molecular weight excluding hydrogens is 398 g/mol. The highest BCUT2D eigenvalue weighted by Crippen LogP contribution is 2.21. The number of amides is 1. The first-order chi connectivity index (χ1) is 14.0. The largest absolute Gasteiger partial charge is 0.456 e. The van der Waals surface area contributed by atoms with Crippen LogP contribution in [0, 0.1) is 11.6 Å². The molecule has 3 rings (SSSR count). The van der Waals surface area contributed by atoms with Crippen molar-refractivity contribution in [3.63, 3.8) is 0 Å². The molecule has 0 unspecified atom stereocenters. The van der Waals surface area contributed by atoms with Crippen molar-refractivity contribution in [3.05, 3.63) is 65.9 Å². The van der Waals surface area contributed by atoms with Crippen LogP contribution in [0.2, 0.25) is 0 Å². The van der Waals surface area contributed by atoms with Crippen molar-refractivity contribution in [2.75, 3.05) is 18.9 Å². The molecule has 5 nitrogen and oxygen atoms in total. The number of aromatic nitrogens is 1. The molecule has 0 saturated heterocycles. The number of fused-ring (bicyclic) bond motifs is 1. The molecule has 0 atom stereocenters. The van der Waals surface area contributed by atoms with E-state index in [0.717, 1.165) is 28.6 Å². The number of esters is 1. The molecule has 0 aliphatic carbocycles. The normalized spacial score (nSPS) is 10.8. The van der Waals surface area contributed by atoms with Gasteiger partial charge in [-0.2, -0.15) is 0 Å². The van der Waals surface area contributed by atoms with Gasteiger partial charge in [0.25, 0.3) is 5.91 Å². The van der Waals surface area contributed by atoms with Crippen molar-refractivity contribution in [1.82, 2.24) is 10.3 Å². The summed E-state index contributed by atoms with van der Waals surface area (Å²) in [6.07, 6.45) is 2.64. The number of para-hydroxylation sites is 1. The van der Waals surface area contributed by atoms with E-state index < -0.39 is 17.6 Å². The number of carbonyl (C=O) groups is 2. The van der Waals surface area contributed by atoms with E-state index in [1.54, 1.807) is 0 Å². The van der Waals surface area contributed by atoms with Crippen LogP contribution in [-0.2, 0) is 20.7 Å². The Kier molecular flexibility index (Phi) is 7.24.